The van der Waals surface area contributed by atoms with Crippen LogP contribution >= 0.6 is 0 Å². The average Bonchev–Trinajstić information content (AvgIpc) is 2.42. The summed E-state index contributed by atoms with van der Waals surface area (Å²) in [5.41, 5.74) is 6.48. The minimum absolute atomic E-state index is 0.456. The van der Waals surface area contributed by atoms with Gasteiger partial charge in [-0.1, -0.05) is 6.42 Å². The van der Waals surface area contributed by atoms with Crippen LogP contribution in [0.3, 0.4) is 0 Å². The van der Waals surface area contributed by atoms with Crippen molar-refractivity contribution in [1.29, 1.82) is 0 Å². The minimum atomic E-state index is 0.456. The predicted molar refractivity (Wildman–Crippen MR) is 76.4 cm³/mol. The van der Waals surface area contributed by atoms with Crippen molar-refractivity contribution in [3.8, 4) is 5.88 Å². The molecule has 1 aliphatic heterocycles. The molecule has 1 aromatic heterocycles. The lowest BCUT2D eigenvalue weighted by atomic mass is 10.0. The highest BCUT2D eigenvalue weighted by atomic mass is 16.5. The number of ether oxygens (including phenoxy) is 1. The van der Waals surface area contributed by atoms with Gasteiger partial charge in [-0.2, -0.15) is 4.98 Å². The topological polar surface area (TPSA) is 76.3 Å². The molecule has 1 atom stereocenters. The molecule has 1 aliphatic rings. The van der Waals surface area contributed by atoms with E-state index in [1.54, 1.807) is 0 Å². The van der Waals surface area contributed by atoms with Crippen LogP contribution in [0.2, 0.25) is 0 Å². The Bertz CT molecular complexity index is 412. The Hall–Kier alpha value is -1.56. The van der Waals surface area contributed by atoms with E-state index >= 15 is 0 Å². The Morgan fingerprint density at radius 3 is 3.05 bits per heavy atom. The number of rotatable bonds is 5. The molecule has 6 nitrogen and oxygen atoms in total. The molecule has 0 radical (unpaired) electrons. The van der Waals surface area contributed by atoms with Crippen molar-refractivity contribution in [3.05, 3.63) is 6.33 Å². The van der Waals surface area contributed by atoms with Gasteiger partial charge in [0, 0.05) is 12.6 Å². The first-order valence-corrected chi connectivity index (χ1v) is 6.89. The lowest BCUT2D eigenvalue weighted by Crippen LogP contribution is -2.40. The van der Waals surface area contributed by atoms with Gasteiger partial charge in [-0.25, -0.2) is 4.98 Å². The lowest BCUT2D eigenvalue weighted by Gasteiger charge is -2.32. The van der Waals surface area contributed by atoms with Gasteiger partial charge in [0.25, 0.3) is 0 Å². The Labute approximate surface area is 114 Å². The molecule has 3 N–H and O–H groups in total. The van der Waals surface area contributed by atoms with E-state index < -0.39 is 0 Å². The van der Waals surface area contributed by atoms with E-state index in [0.29, 0.717) is 30.0 Å². The number of nitrogens with one attached hydrogen (secondary N) is 1. The van der Waals surface area contributed by atoms with Crippen molar-refractivity contribution >= 4 is 11.5 Å². The van der Waals surface area contributed by atoms with Crippen molar-refractivity contribution in [2.45, 2.75) is 32.2 Å². The van der Waals surface area contributed by atoms with Crippen LogP contribution in [-0.4, -0.2) is 47.7 Å². The highest BCUT2D eigenvalue weighted by Gasteiger charge is 2.19. The van der Waals surface area contributed by atoms with Crippen LogP contribution in [0.1, 0.15) is 26.2 Å². The van der Waals surface area contributed by atoms with E-state index in [-0.39, 0.29) is 0 Å². The van der Waals surface area contributed by atoms with Gasteiger partial charge in [-0.05, 0) is 33.4 Å². The van der Waals surface area contributed by atoms with Crippen LogP contribution in [0, 0.1) is 0 Å². The summed E-state index contributed by atoms with van der Waals surface area (Å²) in [5, 5.41) is 3.31. The van der Waals surface area contributed by atoms with Gasteiger partial charge < -0.3 is 20.7 Å². The summed E-state index contributed by atoms with van der Waals surface area (Å²) >= 11 is 0. The first-order chi connectivity index (χ1) is 9.22. The zero-order valence-corrected chi connectivity index (χ0v) is 11.7. The number of likely N-dealkylation sites (tertiary alicyclic amines) is 1. The van der Waals surface area contributed by atoms with Crippen molar-refractivity contribution in [3.63, 3.8) is 0 Å². The molecule has 106 valence electrons. The van der Waals surface area contributed by atoms with Gasteiger partial charge in [0.2, 0.25) is 5.88 Å². The van der Waals surface area contributed by atoms with Crippen LogP contribution in [0.5, 0.6) is 5.88 Å². The zero-order valence-electron chi connectivity index (χ0n) is 11.7. The molecule has 0 saturated carbocycles. The second-order valence-electron chi connectivity index (χ2n) is 4.89. The quantitative estimate of drug-likeness (QED) is 0.837. The van der Waals surface area contributed by atoms with Gasteiger partial charge in [-0.3, -0.25) is 0 Å². The third-order valence-corrected chi connectivity index (χ3v) is 3.56. The summed E-state index contributed by atoms with van der Waals surface area (Å²) in [4.78, 5) is 10.6. The van der Waals surface area contributed by atoms with Crippen LogP contribution in [0.4, 0.5) is 11.5 Å². The number of piperidine rings is 1. The lowest BCUT2D eigenvalue weighted by molar-refractivity contribution is 0.194. The SMILES string of the molecule is CCOc1ncnc(NCC2CCCCN2C)c1N. The summed E-state index contributed by atoms with van der Waals surface area (Å²) in [7, 11) is 2.17. The molecule has 0 amide bonds. The van der Waals surface area contributed by atoms with Crippen LogP contribution in [0.15, 0.2) is 6.33 Å². The van der Waals surface area contributed by atoms with E-state index in [0.717, 1.165) is 13.1 Å². The molecule has 1 fully saturated rings. The molecule has 0 aliphatic carbocycles. The van der Waals surface area contributed by atoms with Gasteiger partial charge in [0.1, 0.15) is 12.0 Å². The molecule has 0 spiro atoms. The summed E-state index contributed by atoms with van der Waals surface area (Å²) in [6, 6.07) is 0.540. The summed E-state index contributed by atoms with van der Waals surface area (Å²) in [6.07, 6.45) is 5.28. The average molecular weight is 265 g/mol. The van der Waals surface area contributed by atoms with E-state index in [9.17, 15) is 0 Å². The first-order valence-electron chi connectivity index (χ1n) is 6.89. The zero-order chi connectivity index (χ0) is 13.7. The molecule has 1 saturated heterocycles. The maximum atomic E-state index is 5.99. The number of hydrogen-bond donors (Lipinski definition) is 2. The van der Waals surface area contributed by atoms with Gasteiger partial charge >= 0.3 is 0 Å². The third-order valence-electron chi connectivity index (χ3n) is 3.56. The molecule has 6 heteroatoms. The standard InChI is InChI=1S/C13H23N5O/c1-3-19-13-11(14)12(16-9-17-13)15-8-10-6-4-5-7-18(10)2/h9-10H,3-8,14H2,1-2H3,(H,15,16,17). The highest BCUT2D eigenvalue weighted by molar-refractivity contribution is 5.66. The number of hydrogen-bond acceptors (Lipinski definition) is 6. The monoisotopic (exact) mass is 265 g/mol. The van der Waals surface area contributed by atoms with E-state index in [1.165, 1.54) is 25.6 Å². The van der Waals surface area contributed by atoms with Crippen LogP contribution in [0.25, 0.3) is 0 Å². The minimum Gasteiger partial charge on any atom is -0.476 e. The Kier molecular flexibility index (Phi) is 4.79. The highest BCUT2D eigenvalue weighted by Crippen LogP contribution is 2.25. The summed E-state index contributed by atoms with van der Waals surface area (Å²) in [6.45, 7) is 4.47. The fourth-order valence-electron chi connectivity index (χ4n) is 2.39. The van der Waals surface area contributed by atoms with Crippen LogP contribution in [-0.2, 0) is 0 Å². The first kappa shape index (κ1) is 13.9. The van der Waals surface area contributed by atoms with Crippen molar-refractivity contribution in [1.82, 2.24) is 14.9 Å². The second kappa shape index (κ2) is 6.56. The molecule has 0 bridgehead atoms. The number of anilines is 2. The number of likely N-dealkylation sites (N-methyl/N-ethyl adjacent to an activating group) is 1. The summed E-state index contributed by atoms with van der Waals surface area (Å²) < 4.78 is 5.36. The van der Waals surface area contributed by atoms with Crippen molar-refractivity contribution < 1.29 is 4.74 Å². The fraction of sp³-hybridized carbons (Fsp3) is 0.692. The maximum absolute atomic E-state index is 5.99. The molecule has 2 rings (SSSR count). The summed E-state index contributed by atoms with van der Waals surface area (Å²) in [5.74, 6) is 1.12. The van der Waals surface area contributed by atoms with E-state index in [4.69, 9.17) is 10.5 Å². The predicted octanol–water partition coefficient (Wildman–Crippen LogP) is 1.35. The van der Waals surface area contributed by atoms with E-state index in [2.05, 4.69) is 27.2 Å². The second-order valence-corrected chi connectivity index (χ2v) is 4.89. The Morgan fingerprint density at radius 2 is 2.32 bits per heavy atom. The molecule has 2 heterocycles. The normalized spacial score (nSPS) is 20.2. The molecular weight excluding hydrogens is 242 g/mol. The smallest absolute Gasteiger partial charge is 0.242 e. The van der Waals surface area contributed by atoms with Gasteiger partial charge in [0.15, 0.2) is 5.82 Å². The van der Waals surface area contributed by atoms with Gasteiger partial charge in [0.05, 0.1) is 6.61 Å². The molecule has 0 aromatic carbocycles. The molecular formula is C13H23N5O. The number of nitrogens with zero attached hydrogens (tertiary/aromatic N) is 3. The third kappa shape index (κ3) is 3.47. The number of aromatic nitrogens is 2. The van der Waals surface area contributed by atoms with Crippen LogP contribution < -0.4 is 15.8 Å². The maximum Gasteiger partial charge on any atom is 0.242 e. The molecule has 1 aromatic rings. The molecule has 19 heavy (non-hydrogen) atoms. The van der Waals surface area contributed by atoms with E-state index in [1.807, 2.05) is 6.92 Å². The largest absolute Gasteiger partial charge is 0.476 e. The number of nitrogen functional groups attached to an aromatic ring is 1. The van der Waals surface area contributed by atoms with Gasteiger partial charge in [-0.15, -0.1) is 0 Å². The Morgan fingerprint density at radius 1 is 1.47 bits per heavy atom. The number of nitrogens with two attached hydrogens (primary N) is 1. The Balaban J connectivity index is 1.97. The van der Waals surface area contributed by atoms with Crippen molar-refractivity contribution in [2.24, 2.45) is 0 Å². The fourth-order valence-corrected chi connectivity index (χ4v) is 2.39. The molecule has 1 unspecified atom stereocenters. The van der Waals surface area contributed by atoms with Crippen molar-refractivity contribution in [2.75, 3.05) is 37.8 Å².